The average molecular weight is 1050 g/mol. The van der Waals surface area contributed by atoms with Crippen LogP contribution in [-0.4, -0.2) is 34.2 Å². The minimum atomic E-state index is -0.354. The highest BCUT2D eigenvalue weighted by Gasteiger charge is 2.32. The summed E-state index contributed by atoms with van der Waals surface area (Å²) >= 11 is 0. The van der Waals surface area contributed by atoms with Gasteiger partial charge in [-0.2, -0.15) is 0 Å². The van der Waals surface area contributed by atoms with E-state index in [4.69, 9.17) is 15.0 Å². The molecule has 10 aromatic rings. The van der Waals surface area contributed by atoms with Gasteiger partial charge in [0.1, 0.15) is 29.2 Å². The van der Waals surface area contributed by atoms with E-state index in [2.05, 4.69) is 265 Å². The molecule has 1 N–H and O–H groups in total. The molecule has 0 bridgehead atoms. The molecule has 0 aliphatic rings. The van der Waals surface area contributed by atoms with Gasteiger partial charge >= 0.3 is 0 Å². The molecule has 0 amide bonds. The molecule has 0 unspecified atom stereocenters. The number of nitrogens with zero attached hydrogens (tertiary/aromatic N) is 6. The van der Waals surface area contributed by atoms with E-state index in [1.807, 2.05) is 6.20 Å². The van der Waals surface area contributed by atoms with E-state index < -0.39 is 0 Å². The van der Waals surface area contributed by atoms with Gasteiger partial charge in [0.25, 0.3) is 0 Å². The fourth-order valence-corrected chi connectivity index (χ4v) is 11.4. The summed E-state index contributed by atoms with van der Waals surface area (Å²) in [4.78, 5) is 20.9. The Morgan fingerprint density at radius 1 is 0.430 bits per heavy atom. The molecule has 79 heavy (non-hydrogen) atoms. The monoisotopic (exact) mass is 1040 g/mol. The van der Waals surface area contributed by atoms with E-state index in [1.165, 1.54) is 50.1 Å². The second-order valence-electron chi connectivity index (χ2n) is 26.3. The van der Waals surface area contributed by atoms with Crippen molar-refractivity contribution in [2.75, 3.05) is 0 Å². The van der Waals surface area contributed by atoms with E-state index in [-0.39, 0.29) is 45.7 Å². The summed E-state index contributed by atoms with van der Waals surface area (Å²) in [7, 11) is 0. The van der Waals surface area contributed by atoms with Crippen LogP contribution in [0.5, 0.6) is 5.75 Å². The highest BCUT2D eigenvalue weighted by molar-refractivity contribution is 5.98. The van der Waals surface area contributed by atoms with Gasteiger partial charge in [-0.05, 0) is 150 Å². The molecule has 0 spiro atoms. The van der Waals surface area contributed by atoms with Crippen molar-refractivity contribution in [2.45, 2.75) is 158 Å². The van der Waals surface area contributed by atoms with Gasteiger partial charge in [-0.25, -0.2) is 19.9 Å². The summed E-state index contributed by atoms with van der Waals surface area (Å²) in [6.45, 7) is 38.5. The number of rotatable bonds is 11. The molecule has 404 valence electrons. The van der Waals surface area contributed by atoms with Gasteiger partial charge in [0.05, 0.1) is 34.2 Å². The normalized spacial score (nSPS) is 12.6. The van der Waals surface area contributed by atoms with Gasteiger partial charge in [0, 0.05) is 16.7 Å². The maximum atomic E-state index is 12.9. The van der Waals surface area contributed by atoms with Crippen LogP contribution in [0.4, 0.5) is 0 Å². The number of hydrogen-bond donors (Lipinski definition) is 1. The highest BCUT2D eigenvalue weighted by Crippen LogP contribution is 2.48. The van der Waals surface area contributed by atoms with Gasteiger partial charge in [0.15, 0.2) is 5.65 Å². The fourth-order valence-electron chi connectivity index (χ4n) is 11.4. The summed E-state index contributed by atoms with van der Waals surface area (Å²) < 4.78 is 4.70. The van der Waals surface area contributed by atoms with Crippen molar-refractivity contribution in [2.24, 2.45) is 0 Å². The lowest BCUT2D eigenvalue weighted by Crippen LogP contribution is -2.17. The minimum Gasteiger partial charge on any atom is -0.507 e. The molecule has 10 rings (SSSR count). The molecule has 7 nitrogen and oxygen atoms in total. The maximum absolute atomic E-state index is 12.9. The molecule has 0 saturated carbocycles. The van der Waals surface area contributed by atoms with Crippen LogP contribution in [0.15, 0.2) is 146 Å². The zero-order chi connectivity index (χ0) is 56.6. The number of benzene rings is 7. The maximum Gasteiger partial charge on any atom is 0.168 e. The molecule has 0 saturated heterocycles. The van der Waals surface area contributed by atoms with E-state index in [1.54, 1.807) is 6.33 Å². The van der Waals surface area contributed by atoms with E-state index in [9.17, 15) is 5.11 Å². The summed E-state index contributed by atoms with van der Waals surface area (Å²) in [6, 6.07) is 48.9. The zero-order valence-corrected chi connectivity index (χ0v) is 49.8. The lowest BCUT2D eigenvalue weighted by atomic mass is 9.78. The molecule has 0 fully saturated rings. The molecule has 0 aliphatic heterocycles. The topological polar surface area (TPSA) is 81.7 Å². The van der Waals surface area contributed by atoms with Gasteiger partial charge in [0.2, 0.25) is 0 Å². The van der Waals surface area contributed by atoms with Crippen LogP contribution in [0, 0.1) is 0 Å². The molecule has 0 atom stereocenters. The zero-order valence-electron chi connectivity index (χ0n) is 49.8. The quantitative estimate of drug-likeness (QED) is 0.140. The third kappa shape index (κ3) is 10.2. The number of imidazole rings is 2. The van der Waals surface area contributed by atoms with Crippen molar-refractivity contribution >= 4 is 22.2 Å². The Morgan fingerprint density at radius 2 is 0.924 bits per heavy atom. The number of para-hydroxylation sites is 1. The number of aromatic nitrogens is 6. The summed E-state index contributed by atoms with van der Waals surface area (Å²) in [5.41, 5.74) is 21.3. The molecule has 3 aromatic heterocycles. The van der Waals surface area contributed by atoms with Crippen LogP contribution in [-0.2, 0) is 16.2 Å². The van der Waals surface area contributed by atoms with Crippen molar-refractivity contribution in [3.05, 3.63) is 185 Å². The number of aromatic hydroxyl groups is 1. The van der Waals surface area contributed by atoms with Crippen LogP contribution in [0.1, 0.15) is 180 Å². The summed E-state index contributed by atoms with van der Waals surface area (Å²) in [6.07, 6.45) is 3.48. The Morgan fingerprint density at radius 3 is 1.42 bits per heavy atom. The predicted molar refractivity (Wildman–Crippen MR) is 333 cm³/mol. The molecule has 7 aromatic carbocycles. The van der Waals surface area contributed by atoms with Crippen molar-refractivity contribution in [1.29, 1.82) is 0 Å². The van der Waals surface area contributed by atoms with E-state index in [0.717, 1.165) is 72.8 Å². The first-order valence-corrected chi connectivity index (χ1v) is 28.5. The lowest BCUT2D eigenvalue weighted by Gasteiger charge is -2.28. The highest BCUT2D eigenvalue weighted by atomic mass is 16.3. The SMILES string of the molecule is CC(C)c1cc(-c2ccccc2)cc(C(C)C)c1-n1c(-c2cc(C(C)(C)C)cc(C(C)(C)C)c2O)nc2c(-c3cc(-c4nc5cncnc5n4-c4c(C(C)C)cc(-c5ccccc5)cc4C(C)C)cc(C(C)(C)C)c3)cccc21. The largest absolute Gasteiger partial charge is 0.507 e. The van der Waals surface area contributed by atoms with Gasteiger partial charge in [-0.1, -0.05) is 203 Å². The van der Waals surface area contributed by atoms with Crippen molar-refractivity contribution in [3.8, 4) is 73.3 Å². The molecular weight excluding hydrogens is 965 g/mol. The average Bonchev–Trinajstić information content (AvgIpc) is 4.22. The molecule has 7 heteroatoms. The van der Waals surface area contributed by atoms with Gasteiger partial charge in [-0.15, -0.1) is 0 Å². The van der Waals surface area contributed by atoms with Crippen LogP contribution in [0.25, 0.3) is 89.7 Å². The van der Waals surface area contributed by atoms with Crippen LogP contribution in [0.2, 0.25) is 0 Å². The van der Waals surface area contributed by atoms with Crippen molar-refractivity contribution in [3.63, 3.8) is 0 Å². The summed E-state index contributed by atoms with van der Waals surface area (Å²) in [5.74, 6) is 2.45. The van der Waals surface area contributed by atoms with Gasteiger partial charge < -0.3 is 5.11 Å². The second-order valence-corrected chi connectivity index (χ2v) is 26.3. The van der Waals surface area contributed by atoms with Crippen molar-refractivity contribution < 1.29 is 5.11 Å². The third-order valence-corrected chi connectivity index (χ3v) is 15.9. The first-order chi connectivity index (χ1) is 37.3. The molecular formula is C72H80N6O. The fraction of sp³-hybridized carbons (Fsp3) is 0.333. The number of hydrogen-bond acceptors (Lipinski definition) is 5. The Labute approximate surface area is 469 Å². The number of fused-ring (bicyclic) bond motifs is 2. The smallest absolute Gasteiger partial charge is 0.168 e. The van der Waals surface area contributed by atoms with E-state index in [0.29, 0.717) is 5.82 Å². The first kappa shape index (κ1) is 54.7. The minimum absolute atomic E-state index is 0.154. The number of phenols is 1. The molecule has 3 heterocycles. The van der Waals surface area contributed by atoms with Crippen LogP contribution in [0.3, 0.4) is 0 Å². The Balaban J connectivity index is 1.31. The Kier molecular flexibility index (Phi) is 14.2. The second kappa shape index (κ2) is 20.5. The van der Waals surface area contributed by atoms with Gasteiger partial charge in [-0.3, -0.25) is 9.13 Å². The molecule has 0 radical (unpaired) electrons. The Hall–Kier alpha value is -7.64. The predicted octanol–water partition coefficient (Wildman–Crippen LogP) is 19.6. The third-order valence-electron chi connectivity index (χ3n) is 15.9. The van der Waals surface area contributed by atoms with Crippen LogP contribution >= 0.6 is 0 Å². The van der Waals surface area contributed by atoms with Crippen molar-refractivity contribution in [1.82, 2.24) is 29.1 Å². The molecule has 0 aliphatic carbocycles. The summed E-state index contributed by atoms with van der Waals surface area (Å²) in [5, 5.41) is 12.9. The first-order valence-electron chi connectivity index (χ1n) is 28.5. The number of phenolic OH excluding ortho intramolecular Hbond substituents is 1. The Bertz CT molecular complexity index is 3850. The standard InChI is InChI=1S/C72H80N6O/c1-42(2)55-34-48(46-25-20-18-21-26-46)35-56(43(3)4)64(55)77-62-30-24-29-54(63(62)76-68(77)59-38-53(71(12,13)14)39-60(66(59)79)72(15,16)17)50-31-51(33-52(32-50)70(9,10)11)67-75-61-40-73-41-74-69(61)78(67)65-57(44(5)6)36-49(37-58(65)45(7)8)47-27-22-19-23-28-47/h18-45,79H,1-17H3. The lowest BCUT2D eigenvalue weighted by molar-refractivity contribution is 0.446. The van der Waals surface area contributed by atoms with Crippen LogP contribution < -0.4 is 0 Å². The van der Waals surface area contributed by atoms with E-state index >= 15 is 0 Å².